The Bertz CT molecular complexity index is 419. The molecule has 118 valence electrons. The number of nitrogens with one attached hydrogen (secondary N) is 1. The van der Waals surface area contributed by atoms with Gasteiger partial charge in [0.15, 0.2) is 0 Å². The molecule has 1 aliphatic rings. The highest BCUT2D eigenvalue weighted by Gasteiger charge is 2.21. The molecule has 21 heavy (non-hydrogen) atoms. The van der Waals surface area contributed by atoms with Crippen molar-refractivity contribution >= 4 is 5.69 Å². The summed E-state index contributed by atoms with van der Waals surface area (Å²) in [7, 11) is 0. The minimum absolute atomic E-state index is 0.311. The van der Waals surface area contributed by atoms with Crippen LogP contribution in [0.2, 0.25) is 0 Å². The molecule has 0 saturated carbocycles. The van der Waals surface area contributed by atoms with E-state index in [1.54, 1.807) is 0 Å². The minimum atomic E-state index is 0.311. The standard InChI is InChI=1S/C18H30N2O/c1-4-11-19-17-9-7-12-20(13-14-21-15(2)3)18-10-6-5-8-16(17)18/h5-6,8,10,15,17,19H,4,7,9,11-14H2,1-3H3. The van der Waals surface area contributed by atoms with Crippen molar-refractivity contribution in [3.63, 3.8) is 0 Å². The van der Waals surface area contributed by atoms with Crippen LogP contribution >= 0.6 is 0 Å². The van der Waals surface area contributed by atoms with E-state index in [4.69, 9.17) is 4.74 Å². The lowest BCUT2D eigenvalue weighted by atomic mass is 10.0. The van der Waals surface area contributed by atoms with E-state index in [9.17, 15) is 0 Å². The first-order valence-electron chi connectivity index (χ1n) is 8.41. The SMILES string of the molecule is CCCNC1CCCN(CCOC(C)C)c2ccccc21. The Hall–Kier alpha value is -1.06. The molecule has 1 atom stereocenters. The van der Waals surface area contributed by atoms with Gasteiger partial charge in [-0.2, -0.15) is 0 Å². The molecule has 0 fully saturated rings. The highest BCUT2D eigenvalue weighted by Crippen LogP contribution is 2.32. The molecule has 0 saturated heterocycles. The molecule has 1 aliphatic heterocycles. The average molecular weight is 290 g/mol. The van der Waals surface area contributed by atoms with Gasteiger partial charge in [-0.3, -0.25) is 0 Å². The van der Waals surface area contributed by atoms with Gasteiger partial charge in [0.1, 0.15) is 0 Å². The van der Waals surface area contributed by atoms with Crippen LogP contribution in [-0.2, 0) is 4.74 Å². The van der Waals surface area contributed by atoms with Gasteiger partial charge in [-0.1, -0.05) is 25.1 Å². The van der Waals surface area contributed by atoms with Gasteiger partial charge >= 0.3 is 0 Å². The lowest BCUT2D eigenvalue weighted by molar-refractivity contribution is 0.0840. The fraction of sp³-hybridized carbons (Fsp3) is 0.667. The third-order valence-corrected chi connectivity index (χ3v) is 4.03. The van der Waals surface area contributed by atoms with Crippen LogP contribution in [0.3, 0.4) is 0 Å². The molecule has 0 amide bonds. The summed E-state index contributed by atoms with van der Waals surface area (Å²) in [5, 5.41) is 3.70. The van der Waals surface area contributed by atoms with Gasteiger partial charge < -0.3 is 15.0 Å². The molecule has 0 spiro atoms. The molecular weight excluding hydrogens is 260 g/mol. The molecule has 1 heterocycles. The van der Waals surface area contributed by atoms with Crippen LogP contribution in [0.4, 0.5) is 5.69 Å². The average Bonchev–Trinajstić information content (AvgIpc) is 2.65. The number of hydrogen-bond donors (Lipinski definition) is 1. The predicted octanol–water partition coefficient (Wildman–Crippen LogP) is 3.75. The van der Waals surface area contributed by atoms with E-state index in [1.165, 1.54) is 30.5 Å². The second kappa shape index (κ2) is 8.40. The molecule has 1 aromatic rings. The fourth-order valence-corrected chi connectivity index (χ4v) is 2.99. The van der Waals surface area contributed by atoms with Gasteiger partial charge in [0.25, 0.3) is 0 Å². The molecular formula is C18H30N2O. The summed E-state index contributed by atoms with van der Waals surface area (Å²) in [5.74, 6) is 0. The van der Waals surface area contributed by atoms with Crippen LogP contribution in [-0.4, -0.2) is 32.3 Å². The maximum atomic E-state index is 5.73. The normalized spacial score (nSPS) is 18.7. The van der Waals surface area contributed by atoms with Crippen LogP contribution in [0, 0.1) is 0 Å². The maximum Gasteiger partial charge on any atom is 0.0645 e. The van der Waals surface area contributed by atoms with Crippen LogP contribution in [0.1, 0.15) is 51.6 Å². The lowest BCUT2D eigenvalue weighted by Crippen LogP contribution is -2.29. The second-order valence-corrected chi connectivity index (χ2v) is 6.11. The van der Waals surface area contributed by atoms with Crippen molar-refractivity contribution in [3.05, 3.63) is 29.8 Å². The van der Waals surface area contributed by atoms with Crippen LogP contribution < -0.4 is 10.2 Å². The Morgan fingerprint density at radius 1 is 1.33 bits per heavy atom. The van der Waals surface area contributed by atoms with Gasteiger partial charge in [0.2, 0.25) is 0 Å². The number of benzene rings is 1. The largest absolute Gasteiger partial charge is 0.377 e. The van der Waals surface area contributed by atoms with Crippen LogP contribution in [0.15, 0.2) is 24.3 Å². The molecule has 1 aromatic carbocycles. The first kappa shape index (κ1) is 16.3. The van der Waals surface area contributed by atoms with Crippen molar-refractivity contribution in [2.24, 2.45) is 0 Å². The monoisotopic (exact) mass is 290 g/mol. The summed E-state index contributed by atoms with van der Waals surface area (Å²) in [6.45, 7) is 10.4. The Labute approximate surface area is 129 Å². The zero-order chi connectivity index (χ0) is 15.1. The van der Waals surface area contributed by atoms with E-state index in [-0.39, 0.29) is 0 Å². The smallest absolute Gasteiger partial charge is 0.0645 e. The zero-order valence-corrected chi connectivity index (χ0v) is 13.8. The topological polar surface area (TPSA) is 24.5 Å². The molecule has 1 N–H and O–H groups in total. The van der Waals surface area contributed by atoms with Gasteiger partial charge in [0.05, 0.1) is 12.7 Å². The number of hydrogen-bond acceptors (Lipinski definition) is 3. The Morgan fingerprint density at radius 2 is 2.14 bits per heavy atom. The van der Waals surface area contributed by atoms with Crippen molar-refractivity contribution < 1.29 is 4.74 Å². The third kappa shape index (κ3) is 4.72. The molecule has 3 nitrogen and oxygen atoms in total. The fourth-order valence-electron chi connectivity index (χ4n) is 2.99. The van der Waals surface area contributed by atoms with E-state index in [2.05, 4.69) is 55.3 Å². The van der Waals surface area contributed by atoms with Crippen molar-refractivity contribution in [1.29, 1.82) is 0 Å². The van der Waals surface area contributed by atoms with Gasteiger partial charge in [-0.05, 0) is 51.3 Å². The van der Waals surface area contributed by atoms with Gasteiger partial charge in [0, 0.05) is 24.8 Å². The van der Waals surface area contributed by atoms with Gasteiger partial charge in [-0.25, -0.2) is 0 Å². The number of anilines is 1. The first-order valence-corrected chi connectivity index (χ1v) is 8.41. The second-order valence-electron chi connectivity index (χ2n) is 6.11. The van der Waals surface area contributed by atoms with Crippen molar-refractivity contribution in [2.45, 2.75) is 52.2 Å². The van der Waals surface area contributed by atoms with E-state index >= 15 is 0 Å². The maximum absolute atomic E-state index is 5.73. The summed E-state index contributed by atoms with van der Waals surface area (Å²) in [6, 6.07) is 9.35. The Balaban J connectivity index is 2.09. The molecule has 3 heteroatoms. The number of fused-ring (bicyclic) bond motifs is 1. The van der Waals surface area contributed by atoms with Crippen molar-refractivity contribution in [2.75, 3.05) is 31.1 Å². The minimum Gasteiger partial charge on any atom is -0.377 e. The molecule has 0 aliphatic carbocycles. The quantitative estimate of drug-likeness (QED) is 0.827. The summed E-state index contributed by atoms with van der Waals surface area (Å²) in [6.07, 6.45) is 3.95. The number of para-hydroxylation sites is 1. The number of nitrogens with zero attached hydrogens (tertiary/aromatic N) is 1. The lowest BCUT2D eigenvalue weighted by Gasteiger charge is -2.26. The number of rotatable bonds is 7. The summed E-state index contributed by atoms with van der Waals surface area (Å²) in [5.41, 5.74) is 2.84. The third-order valence-electron chi connectivity index (χ3n) is 4.03. The highest BCUT2D eigenvalue weighted by atomic mass is 16.5. The Kier molecular flexibility index (Phi) is 6.52. The predicted molar refractivity (Wildman–Crippen MR) is 90.0 cm³/mol. The van der Waals surface area contributed by atoms with Gasteiger partial charge in [-0.15, -0.1) is 0 Å². The molecule has 0 bridgehead atoms. The summed E-state index contributed by atoms with van der Waals surface area (Å²) in [4.78, 5) is 2.49. The highest BCUT2D eigenvalue weighted by molar-refractivity contribution is 5.55. The molecule has 0 aromatic heterocycles. The van der Waals surface area contributed by atoms with E-state index < -0.39 is 0 Å². The van der Waals surface area contributed by atoms with E-state index in [0.29, 0.717) is 12.1 Å². The van der Waals surface area contributed by atoms with Crippen molar-refractivity contribution in [3.8, 4) is 0 Å². The van der Waals surface area contributed by atoms with Crippen LogP contribution in [0.5, 0.6) is 0 Å². The molecule has 0 radical (unpaired) electrons. The van der Waals surface area contributed by atoms with E-state index in [0.717, 1.165) is 26.2 Å². The first-order chi connectivity index (χ1) is 10.2. The van der Waals surface area contributed by atoms with E-state index in [1.807, 2.05) is 0 Å². The molecule has 1 unspecified atom stereocenters. The Morgan fingerprint density at radius 3 is 2.90 bits per heavy atom. The summed E-state index contributed by atoms with van der Waals surface area (Å²) >= 11 is 0. The molecule has 2 rings (SSSR count). The number of ether oxygens (including phenoxy) is 1. The van der Waals surface area contributed by atoms with Crippen LogP contribution in [0.25, 0.3) is 0 Å². The summed E-state index contributed by atoms with van der Waals surface area (Å²) < 4.78 is 5.73. The van der Waals surface area contributed by atoms with Crippen molar-refractivity contribution in [1.82, 2.24) is 5.32 Å². The zero-order valence-electron chi connectivity index (χ0n) is 13.8.